The number of hydrogen-bond donors (Lipinski definition) is 1. The first-order valence-electron chi connectivity index (χ1n) is 10.8. The second-order valence-electron chi connectivity index (χ2n) is 7.90. The first kappa shape index (κ1) is 25.8. The molecule has 36 heavy (non-hydrogen) atoms. The van der Waals surface area contributed by atoms with Gasteiger partial charge in [-0.1, -0.05) is 17.8 Å². The fraction of sp³-hybridized carbons (Fsp3) is 0.261. The molecule has 4 rings (SSSR count). The number of benzene rings is 1. The average molecular weight is 534 g/mol. The van der Waals surface area contributed by atoms with E-state index in [-0.39, 0.29) is 11.6 Å². The van der Waals surface area contributed by atoms with E-state index in [0.29, 0.717) is 46.1 Å². The van der Waals surface area contributed by atoms with Gasteiger partial charge in [-0.15, -0.1) is 21.5 Å². The van der Waals surface area contributed by atoms with Gasteiger partial charge in [-0.3, -0.25) is 14.3 Å². The highest BCUT2D eigenvalue weighted by Gasteiger charge is 2.31. The van der Waals surface area contributed by atoms with Crippen LogP contribution >= 0.6 is 23.1 Å². The minimum absolute atomic E-state index is 0.253. The molecule has 0 aliphatic heterocycles. The Morgan fingerprint density at radius 3 is 2.67 bits per heavy atom. The monoisotopic (exact) mass is 533 g/mol. The number of alkyl halides is 3. The number of carbonyl (C=O) groups is 1. The molecular weight excluding hydrogens is 511 g/mol. The normalized spacial score (nSPS) is 11.7. The second-order valence-corrected chi connectivity index (χ2v) is 9.79. The molecule has 3 heterocycles. The van der Waals surface area contributed by atoms with Gasteiger partial charge in [0.25, 0.3) is 5.91 Å². The lowest BCUT2D eigenvalue weighted by Crippen LogP contribution is -2.31. The van der Waals surface area contributed by atoms with E-state index in [2.05, 4.69) is 25.5 Å². The third-order valence-electron chi connectivity index (χ3n) is 4.96. The molecule has 3 aromatic heterocycles. The molecule has 0 unspecified atom stereocenters. The van der Waals surface area contributed by atoms with Crippen LogP contribution in [0.25, 0.3) is 17.1 Å². The van der Waals surface area contributed by atoms with Gasteiger partial charge in [-0.05, 0) is 44.4 Å². The number of thiazole rings is 1. The highest BCUT2D eigenvalue weighted by molar-refractivity contribution is 7.98. The van der Waals surface area contributed by atoms with E-state index in [4.69, 9.17) is 0 Å². The Bertz CT molecular complexity index is 1320. The van der Waals surface area contributed by atoms with Gasteiger partial charge in [0.15, 0.2) is 11.0 Å². The highest BCUT2D eigenvalue weighted by Crippen LogP contribution is 2.34. The maximum absolute atomic E-state index is 13.4. The zero-order valence-electron chi connectivity index (χ0n) is 19.4. The topological polar surface area (TPSA) is 88.8 Å². The van der Waals surface area contributed by atoms with Crippen molar-refractivity contribution < 1.29 is 18.0 Å². The van der Waals surface area contributed by atoms with Crippen molar-refractivity contribution in [3.05, 3.63) is 70.4 Å². The Morgan fingerprint density at radius 1 is 1.17 bits per heavy atom. The van der Waals surface area contributed by atoms with E-state index in [9.17, 15) is 18.0 Å². The number of nitrogens with zero attached hydrogens (tertiary/aromatic N) is 6. The molecule has 0 saturated carbocycles. The summed E-state index contributed by atoms with van der Waals surface area (Å²) in [4.78, 5) is 22.7. The number of pyridine rings is 1. The molecule has 0 bridgehead atoms. The van der Waals surface area contributed by atoms with Gasteiger partial charge in [-0.25, -0.2) is 4.98 Å². The molecule has 1 aromatic carbocycles. The van der Waals surface area contributed by atoms with E-state index in [0.717, 1.165) is 12.1 Å². The third-order valence-corrected chi connectivity index (χ3v) is 6.93. The fourth-order valence-electron chi connectivity index (χ4n) is 3.20. The van der Waals surface area contributed by atoms with Gasteiger partial charge in [-0.2, -0.15) is 13.2 Å². The lowest BCUT2D eigenvalue weighted by molar-refractivity contribution is -0.137. The Balaban J connectivity index is 1.58. The quantitative estimate of drug-likeness (QED) is 0.319. The van der Waals surface area contributed by atoms with Crippen LogP contribution in [0.1, 0.15) is 21.1 Å². The Morgan fingerprint density at radius 2 is 1.94 bits per heavy atom. The predicted molar refractivity (Wildman–Crippen MR) is 132 cm³/mol. The maximum Gasteiger partial charge on any atom is 0.416 e. The van der Waals surface area contributed by atoms with E-state index >= 15 is 0 Å². The summed E-state index contributed by atoms with van der Waals surface area (Å²) < 4.78 is 41.8. The van der Waals surface area contributed by atoms with Gasteiger partial charge < -0.3 is 10.2 Å². The second kappa shape index (κ2) is 11.2. The number of hydrogen-bond acceptors (Lipinski definition) is 8. The van der Waals surface area contributed by atoms with Crippen molar-refractivity contribution in [3.63, 3.8) is 0 Å². The molecule has 0 atom stereocenters. The molecule has 1 N–H and O–H groups in total. The number of thioether (sulfide) groups is 1. The molecule has 8 nitrogen and oxygen atoms in total. The van der Waals surface area contributed by atoms with Gasteiger partial charge in [0.05, 0.1) is 17.0 Å². The van der Waals surface area contributed by atoms with E-state index in [1.165, 1.54) is 29.2 Å². The zero-order chi connectivity index (χ0) is 25.7. The Hall–Kier alpha value is -3.29. The third kappa shape index (κ3) is 6.28. The molecule has 0 aliphatic carbocycles. The van der Waals surface area contributed by atoms with E-state index < -0.39 is 11.7 Å². The number of carbonyl (C=O) groups excluding carboxylic acids is 1. The van der Waals surface area contributed by atoms with Crippen LogP contribution in [0, 0.1) is 0 Å². The smallest absolute Gasteiger partial charge is 0.349 e. The first-order chi connectivity index (χ1) is 17.2. The molecule has 0 fully saturated rings. The van der Waals surface area contributed by atoms with Crippen LogP contribution in [0.3, 0.4) is 0 Å². The average Bonchev–Trinajstić information content (AvgIpc) is 3.50. The van der Waals surface area contributed by atoms with Crippen molar-refractivity contribution in [1.29, 1.82) is 0 Å². The summed E-state index contributed by atoms with van der Waals surface area (Å²) in [6, 6.07) is 8.44. The molecule has 13 heteroatoms. The lowest BCUT2D eigenvalue weighted by Gasteiger charge is -2.13. The van der Waals surface area contributed by atoms with Crippen LogP contribution in [0.4, 0.5) is 13.2 Å². The molecule has 0 radical (unpaired) electrons. The molecule has 0 saturated heterocycles. The molecule has 0 aliphatic rings. The summed E-state index contributed by atoms with van der Waals surface area (Å²) in [6.07, 6.45) is -1.33. The molecular formula is C23H22F3N7OS2. The van der Waals surface area contributed by atoms with Crippen LogP contribution in [-0.4, -0.2) is 62.7 Å². The summed E-state index contributed by atoms with van der Waals surface area (Å²) >= 11 is 2.60. The van der Waals surface area contributed by atoms with Crippen LogP contribution in [0.15, 0.2) is 59.3 Å². The summed E-state index contributed by atoms with van der Waals surface area (Å²) in [5, 5.41) is 14.1. The zero-order valence-corrected chi connectivity index (χ0v) is 21.0. The minimum Gasteiger partial charge on any atom is -0.349 e. The minimum atomic E-state index is -4.49. The maximum atomic E-state index is 13.4. The van der Waals surface area contributed by atoms with Crippen molar-refractivity contribution in [2.75, 3.05) is 27.2 Å². The van der Waals surface area contributed by atoms with Crippen LogP contribution in [0.5, 0.6) is 0 Å². The summed E-state index contributed by atoms with van der Waals surface area (Å²) in [6.45, 7) is 1.22. The molecule has 1 amide bonds. The van der Waals surface area contributed by atoms with Crippen molar-refractivity contribution in [2.24, 2.45) is 0 Å². The van der Waals surface area contributed by atoms with Crippen molar-refractivity contribution >= 4 is 29.0 Å². The van der Waals surface area contributed by atoms with Gasteiger partial charge in [0, 0.05) is 36.4 Å². The van der Waals surface area contributed by atoms with Crippen molar-refractivity contribution in [1.82, 2.24) is 34.9 Å². The standard InChI is InChI=1S/C23H22F3N7OS2/c1-32(2)11-10-28-21(34)18-13-35-19(29-18)14-36-22-31-30-20(15-6-8-27-9-7-15)33(22)17-5-3-4-16(12-17)23(24,25)26/h3-9,12-13H,10-11,14H2,1-2H3,(H,28,34). The first-order valence-corrected chi connectivity index (χ1v) is 12.6. The lowest BCUT2D eigenvalue weighted by atomic mass is 10.2. The van der Waals surface area contributed by atoms with Crippen LogP contribution in [-0.2, 0) is 11.9 Å². The highest BCUT2D eigenvalue weighted by atomic mass is 32.2. The van der Waals surface area contributed by atoms with E-state index in [1.807, 2.05) is 19.0 Å². The molecule has 0 spiro atoms. The van der Waals surface area contributed by atoms with Gasteiger partial charge in [0.1, 0.15) is 10.7 Å². The SMILES string of the molecule is CN(C)CCNC(=O)c1csc(CSc2nnc(-c3ccncc3)n2-c2cccc(C(F)(F)F)c2)n1. The van der Waals surface area contributed by atoms with E-state index in [1.54, 1.807) is 40.5 Å². The largest absolute Gasteiger partial charge is 0.416 e. The number of rotatable bonds is 9. The predicted octanol–water partition coefficient (Wildman–Crippen LogP) is 4.39. The van der Waals surface area contributed by atoms with Gasteiger partial charge >= 0.3 is 6.18 Å². The summed E-state index contributed by atoms with van der Waals surface area (Å²) in [7, 11) is 3.84. The Labute approximate surface area is 213 Å². The molecule has 4 aromatic rings. The summed E-state index contributed by atoms with van der Waals surface area (Å²) in [5.74, 6) is 0.499. The molecule has 188 valence electrons. The number of aromatic nitrogens is 5. The number of amides is 1. The van der Waals surface area contributed by atoms with Crippen LogP contribution < -0.4 is 5.32 Å². The number of halogens is 3. The van der Waals surface area contributed by atoms with Crippen molar-refractivity contribution in [3.8, 4) is 17.1 Å². The summed E-state index contributed by atoms with van der Waals surface area (Å²) in [5.41, 5.74) is 0.498. The number of nitrogens with one attached hydrogen (secondary N) is 1. The Kier molecular flexibility index (Phi) is 8.01. The number of likely N-dealkylation sites (N-methyl/N-ethyl adjacent to an activating group) is 1. The van der Waals surface area contributed by atoms with Crippen LogP contribution in [0.2, 0.25) is 0 Å². The van der Waals surface area contributed by atoms with Gasteiger partial charge in [0.2, 0.25) is 0 Å². The van der Waals surface area contributed by atoms with Crippen molar-refractivity contribution in [2.45, 2.75) is 17.1 Å². The fourth-order valence-corrected chi connectivity index (χ4v) is 4.94.